The molecular formula is C12H12N2O3S. The van der Waals surface area contributed by atoms with E-state index in [-0.39, 0.29) is 11.0 Å². The Labute approximate surface area is 110 Å². The predicted molar refractivity (Wildman–Crippen MR) is 73.1 cm³/mol. The number of aliphatic carboxylic acids is 1. The lowest BCUT2D eigenvalue weighted by Crippen LogP contribution is -2.32. The van der Waals surface area contributed by atoms with Gasteiger partial charge >= 0.3 is 5.97 Å². The zero-order valence-electron chi connectivity index (χ0n) is 9.64. The minimum absolute atomic E-state index is 0.196. The molecule has 6 heteroatoms. The van der Waals surface area contributed by atoms with Crippen LogP contribution in [0.25, 0.3) is 6.08 Å². The molecule has 0 saturated heterocycles. The maximum Gasteiger partial charge on any atom is 0.328 e. The number of anilines is 1. The summed E-state index contributed by atoms with van der Waals surface area (Å²) in [6.45, 7) is 1.36. The van der Waals surface area contributed by atoms with Gasteiger partial charge in [-0.3, -0.25) is 4.79 Å². The van der Waals surface area contributed by atoms with Gasteiger partial charge in [0, 0.05) is 18.7 Å². The fourth-order valence-corrected chi connectivity index (χ4v) is 1.47. The quantitative estimate of drug-likeness (QED) is 0.571. The SMILES string of the molecule is CC(=O)NC(=S)Nc1cccc(/C=C/C(=O)O)c1. The first-order valence-corrected chi connectivity index (χ1v) is 5.48. The molecule has 1 amide bonds. The highest BCUT2D eigenvalue weighted by Gasteiger charge is 2.00. The number of benzene rings is 1. The lowest BCUT2D eigenvalue weighted by atomic mass is 10.2. The van der Waals surface area contributed by atoms with Gasteiger partial charge < -0.3 is 15.7 Å². The van der Waals surface area contributed by atoms with Gasteiger partial charge in [-0.25, -0.2) is 4.79 Å². The molecule has 0 spiro atoms. The second-order valence-corrected chi connectivity index (χ2v) is 3.84. The van der Waals surface area contributed by atoms with Crippen LogP contribution in [0.2, 0.25) is 0 Å². The molecule has 0 aliphatic carbocycles. The van der Waals surface area contributed by atoms with Crippen LogP contribution >= 0.6 is 12.2 Å². The van der Waals surface area contributed by atoms with E-state index in [1.165, 1.54) is 13.0 Å². The van der Waals surface area contributed by atoms with Gasteiger partial charge in [-0.15, -0.1) is 0 Å². The van der Waals surface area contributed by atoms with Crippen molar-refractivity contribution in [2.45, 2.75) is 6.92 Å². The molecule has 94 valence electrons. The zero-order valence-corrected chi connectivity index (χ0v) is 10.5. The number of rotatable bonds is 3. The summed E-state index contributed by atoms with van der Waals surface area (Å²) >= 11 is 4.91. The minimum Gasteiger partial charge on any atom is -0.478 e. The summed E-state index contributed by atoms with van der Waals surface area (Å²) in [7, 11) is 0. The van der Waals surface area contributed by atoms with Gasteiger partial charge in [-0.2, -0.15) is 0 Å². The highest BCUT2D eigenvalue weighted by Crippen LogP contribution is 2.11. The van der Waals surface area contributed by atoms with Crippen molar-refractivity contribution in [1.29, 1.82) is 0 Å². The number of carboxylic acid groups (broad SMARTS) is 1. The number of carboxylic acids is 1. The summed E-state index contributed by atoms with van der Waals surface area (Å²) in [5.41, 5.74) is 1.38. The average Bonchev–Trinajstić information content (AvgIpc) is 2.25. The van der Waals surface area contributed by atoms with Crippen LogP contribution in [-0.4, -0.2) is 22.1 Å². The van der Waals surface area contributed by atoms with Crippen molar-refractivity contribution in [2.75, 3.05) is 5.32 Å². The van der Waals surface area contributed by atoms with Gasteiger partial charge in [-0.05, 0) is 36.0 Å². The number of thiocarbonyl (C=S) groups is 1. The molecule has 0 heterocycles. The van der Waals surface area contributed by atoms with Crippen LogP contribution in [0.1, 0.15) is 12.5 Å². The zero-order chi connectivity index (χ0) is 13.5. The molecule has 0 fully saturated rings. The second-order valence-electron chi connectivity index (χ2n) is 3.43. The second kappa shape index (κ2) is 6.51. The third-order valence-corrected chi connectivity index (χ3v) is 2.06. The topological polar surface area (TPSA) is 78.4 Å². The molecule has 0 aromatic heterocycles. The molecule has 5 nitrogen and oxygen atoms in total. The molecule has 3 N–H and O–H groups in total. The van der Waals surface area contributed by atoms with Gasteiger partial charge in [0.25, 0.3) is 0 Å². The Morgan fingerprint density at radius 3 is 2.72 bits per heavy atom. The summed E-state index contributed by atoms with van der Waals surface area (Å²) in [5.74, 6) is -1.27. The van der Waals surface area contributed by atoms with Crippen LogP contribution in [0, 0.1) is 0 Å². The molecule has 1 rings (SSSR count). The van der Waals surface area contributed by atoms with E-state index < -0.39 is 5.97 Å². The first kappa shape index (κ1) is 13.9. The van der Waals surface area contributed by atoms with E-state index in [0.717, 1.165) is 6.08 Å². The van der Waals surface area contributed by atoms with Crippen LogP contribution in [0.4, 0.5) is 5.69 Å². The first-order chi connectivity index (χ1) is 8.47. The summed E-state index contributed by atoms with van der Waals surface area (Å²) in [5, 5.41) is 14.0. The van der Waals surface area contributed by atoms with Crippen molar-refractivity contribution < 1.29 is 14.7 Å². The van der Waals surface area contributed by atoms with Gasteiger partial charge in [0.05, 0.1) is 0 Å². The highest BCUT2D eigenvalue weighted by molar-refractivity contribution is 7.80. The fraction of sp³-hybridized carbons (Fsp3) is 0.0833. The lowest BCUT2D eigenvalue weighted by Gasteiger charge is -2.08. The summed E-state index contributed by atoms with van der Waals surface area (Å²) in [6, 6.07) is 6.98. The molecule has 0 aliphatic heterocycles. The lowest BCUT2D eigenvalue weighted by molar-refractivity contribution is -0.131. The average molecular weight is 264 g/mol. The number of carbonyl (C=O) groups excluding carboxylic acids is 1. The molecule has 1 aromatic rings. The van der Waals surface area contributed by atoms with Gasteiger partial charge in [0.15, 0.2) is 5.11 Å². The van der Waals surface area contributed by atoms with Crippen molar-refractivity contribution in [1.82, 2.24) is 5.32 Å². The van der Waals surface area contributed by atoms with Crippen LogP contribution in [0.3, 0.4) is 0 Å². The van der Waals surface area contributed by atoms with E-state index in [4.69, 9.17) is 17.3 Å². The van der Waals surface area contributed by atoms with Gasteiger partial charge in [-0.1, -0.05) is 12.1 Å². The number of nitrogens with one attached hydrogen (secondary N) is 2. The molecular weight excluding hydrogens is 252 g/mol. The third-order valence-electron chi connectivity index (χ3n) is 1.85. The summed E-state index contributed by atoms with van der Waals surface area (Å²) in [6.07, 6.45) is 2.51. The number of hydrogen-bond donors (Lipinski definition) is 3. The number of amides is 1. The van der Waals surface area contributed by atoms with E-state index in [1.807, 2.05) is 0 Å². The van der Waals surface area contributed by atoms with Crippen molar-refractivity contribution in [3.63, 3.8) is 0 Å². The van der Waals surface area contributed by atoms with Crippen LogP contribution < -0.4 is 10.6 Å². The maximum atomic E-state index is 10.8. The Morgan fingerprint density at radius 1 is 1.39 bits per heavy atom. The maximum absolute atomic E-state index is 10.8. The Hall–Kier alpha value is -2.21. The summed E-state index contributed by atoms with van der Waals surface area (Å²) in [4.78, 5) is 21.2. The fourth-order valence-electron chi connectivity index (χ4n) is 1.21. The predicted octanol–water partition coefficient (Wildman–Crippen LogP) is 1.62. The Morgan fingerprint density at radius 2 is 2.11 bits per heavy atom. The van der Waals surface area contributed by atoms with Crippen LogP contribution in [0.5, 0.6) is 0 Å². The largest absolute Gasteiger partial charge is 0.478 e. The van der Waals surface area contributed by atoms with Crippen molar-refractivity contribution in [3.05, 3.63) is 35.9 Å². The van der Waals surface area contributed by atoms with E-state index >= 15 is 0 Å². The van der Waals surface area contributed by atoms with Crippen molar-refractivity contribution in [3.8, 4) is 0 Å². The molecule has 0 unspecified atom stereocenters. The molecule has 1 aromatic carbocycles. The Balaban J connectivity index is 2.73. The Kier molecular flexibility index (Phi) is 5.01. The van der Waals surface area contributed by atoms with Crippen LogP contribution in [0.15, 0.2) is 30.3 Å². The molecule has 0 bridgehead atoms. The van der Waals surface area contributed by atoms with E-state index in [1.54, 1.807) is 24.3 Å². The molecule has 18 heavy (non-hydrogen) atoms. The van der Waals surface area contributed by atoms with Crippen LogP contribution in [-0.2, 0) is 9.59 Å². The van der Waals surface area contributed by atoms with E-state index in [9.17, 15) is 9.59 Å². The Bertz CT molecular complexity index is 512. The van der Waals surface area contributed by atoms with E-state index in [2.05, 4.69) is 10.6 Å². The third kappa shape index (κ3) is 5.22. The molecule has 0 atom stereocenters. The normalized spacial score (nSPS) is 10.1. The number of carbonyl (C=O) groups is 2. The molecule has 0 saturated carbocycles. The summed E-state index contributed by atoms with van der Waals surface area (Å²) < 4.78 is 0. The first-order valence-electron chi connectivity index (χ1n) is 5.07. The monoisotopic (exact) mass is 264 g/mol. The van der Waals surface area contributed by atoms with E-state index in [0.29, 0.717) is 11.3 Å². The van der Waals surface area contributed by atoms with Crippen molar-refractivity contribution >= 4 is 41.0 Å². The van der Waals surface area contributed by atoms with Crippen molar-refractivity contribution in [2.24, 2.45) is 0 Å². The smallest absolute Gasteiger partial charge is 0.328 e. The standard InChI is InChI=1S/C12H12N2O3S/c1-8(15)13-12(18)14-10-4-2-3-9(7-10)5-6-11(16)17/h2-7H,1H3,(H,16,17)(H2,13,14,15,18)/b6-5+. The van der Waals surface area contributed by atoms with Gasteiger partial charge in [0.1, 0.15) is 0 Å². The number of hydrogen-bond acceptors (Lipinski definition) is 3. The molecule has 0 radical (unpaired) electrons. The minimum atomic E-state index is -1.01. The molecule has 0 aliphatic rings. The van der Waals surface area contributed by atoms with Gasteiger partial charge in [0.2, 0.25) is 5.91 Å². The highest BCUT2D eigenvalue weighted by atomic mass is 32.1.